The molecule has 0 aliphatic rings. The first-order valence-electron chi connectivity index (χ1n) is 6.39. The lowest BCUT2D eigenvalue weighted by molar-refractivity contribution is -0.150. The Balaban J connectivity index is 2.81. The monoisotopic (exact) mass is 249 g/mol. The summed E-state index contributed by atoms with van der Waals surface area (Å²) < 4.78 is 0. The molecule has 0 saturated carbocycles. The van der Waals surface area contributed by atoms with Gasteiger partial charge >= 0.3 is 5.97 Å². The number of carboxylic acid groups (broad SMARTS) is 1. The number of hydrogen-bond donors (Lipinski definition) is 1. The van der Waals surface area contributed by atoms with Crippen LogP contribution in [-0.4, -0.2) is 34.6 Å². The zero-order chi connectivity index (χ0) is 13.8. The predicted octanol–water partition coefficient (Wildman–Crippen LogP) is 2.80. The van der Waals surface area contributed by atoms with E-state index in [-0.39, 0.29) is 6.04 Å². The van der Waals surface area contributed by atoms with Crippen LogP contribution in [0.2, 0.25) is 0 Å². The Morgan fingerprint density at radius 3 is 2.33 bits per heavy atom. The lowest BCUT2D eigenvalue weighted by atomic mass is 9.96. The van der Waals surface area contributed by atoms with Crippen molar-refractivity contribution >= 4 is 5.97 Å². The third-order valence-corrected chi connectivity index (χ3v) is 3.74. The number of hydrogen-bond acceptors (Lipinski definition) is 2. The largest absolute Gasteiger partial charge is 0.480 e. The third kappa shape index (κ3) is 3.33. The van der Waals surface area contributed by atoms with E-state index in [1.165, 1.54) is 5.56 Å². The Bertz CT molecular complexity index is 387. The topological polar surface area (TPSA) is 40.5 Å². The van der Waals surface area contributed by atoms with Crippen LogP contribution in [0.5, 0.6) is 0 Å². The Kier molecular flexibility index (Phi) is 4.91. The van der Waals surface area contributed by atoms with Crippen LogP contribution in [0, 0.1) is 0 Å². The highest BCUT2D eigenvalue weighted by atomic mass is 16.4. The molecule has 3 nitrogen and oxygen atoms in total. The lowest BCUT2D eigenvalue weighted by Crippen LogP contribution is -2.53. The van der Waals surface area contributed by atoms with Crippen LogP contribution in [0.15, 0.2) is 30.3 Å². The maximum absolute atomic E-state index is 11.3. The highest BCUT2D eigenvalue weighted by Crippen LogP contribution is 2.20. The van der Waals surface area contributed by atoms with Gasteiger partial charge in [0.1, 0.15) is 5.54 Å². The van der Waals surface area contributed by atoms with Gasteiger partial charge in [0.15, 0.2) is 0 Å². The molecule has 1 aromatic rings. The van der Waals surface area contributed by atoms with Gasteiger partial charge in [-0.25, -0.2) is 0 Å². The first-order chi connectivity index (χ1) is 8.39. The molecule has 3 heteroatoms. The van der Waals surface area contributed by atoms with E-state index in [0.717, 1.165) is 12.8 Å². The second-order valence-electron chi connectivity index (χ2n) is 5.23. The van der Waals surface area contributed by atoms with Gasteiger partial charge in [-0.2, -0.15) is 0 Å². The van der Waals surface area contributed by atoms with E-state index in [0.29, 0.717) is 0 Å². The summed E-state index contributed by atoms with van der Waals surface area (Å²) in [6.07, 6.45) is 1.81. The highest BCUT2D eigenvalue weighted by Gasteiger charge is 2.35. The number of rotatable bonds is 6. The van der Waals surface area contributed by atoms with Crippen molar-refractivity contribution in [3.8, 4) is 0 Å². The number of benzene rings is 1. The fourth-order valence-electron chi connectivity index (χ4n) is 2.05. The van der Waals surface area contributed by atoms with Gasteiger partial charge in [0.05, 0.1) is 0 Å². The molecule has 1 N–H and O–H groups in total. The second kappa shape index (κ2) is 6.01. The number of aliphatic carboxylic acids is 1. The average Bonchev–Trinajstić information content (AvgIpc) is 2.36. The van der Waals surface area contributed by atoms with Crippen LogP contribution in [0.4, 0.5) is 0 Å². The first-order valence-corrected chi connectivity index (χ1v) is 6.39. The van der Waals surface area contributed by atoms with Gasteiger partial charge < -0.3 is 5.11 Å². The average molecular weight is 249 g/mol. The normalized spacial score (nSPS) is 13.6. The Morgan fingerprint density at radius 2 is 1.89 bits per heavy atom. The van der Waals surface area contributed by atoms with Crippen molar-refractivity contribution in [1.29, 1.82) is 0 Å². The minimum absolute atomic E-state index is 0.235. The minimum Gasteiger partial charge on any atom is -0.480 e. The molecule has 0 fully saturated rings. The summed E-state index contributed by atoms with van der Waals surface area (Å²) in [5.74, 6) is -0.781. The van der Waals surface area contributed by atoms with E-state index >= 15 is 0 Å². The van der Waals surface area contributed by atoms with Crippen LogP contribution in [0.25, 0.3) is 0 Å². The fraction of sp³-hybridized carbons (Fsp3) is 0.533. The summed E-state index contributed by atoms with van der Waals surface area (Å²) in [4.78, 5) is 13.3. The van der Waals surface area contributed by atoms with E-state index in [9.17, 15) is 9.90 Å². The van der Waals surface area contributed by atoms with E-state index in [4.69, 9.17) is 0 Å². The lowest BCUT2D eigenvalue weighted by Gasteiger charge is -2.38. The van der Waals surface area contributed by atoms with Crippen molar-refractivity contribution in [3.05, 3.63) is 35.9 Å². The van der Waals surface area contributed by atoms with Gasteiger partial charge in [-0.3, -0.25) is 9.69 Å². The molecule has 0 radical (unpaired) electrons. The molecule has 0 bridgehead atoms. The molecule has 0 spiro atoms. The summed E-state index contributed by atoms with van der Waals surface area (Å²) in [5.41, 5.74) is 0.410. The molecule has 100 valence electrons. The summed E-state index contributed by atoms with van der Waals surface area (Å²) in [6.45, 7) is 5.61. The fourth-order valence-corrected chi connectivity index (χ4v) is 2.05. The van der Waals surface area contributed by atoms with E-state index in [2.05, 4.69) is 19.1 Å². The molecule has 1 atom stereocenters. The SMILES string of the molecule is CCC(Cc1ccccc1)N(C)C(C)(C)C(=O)O. The molecule has 0 saturated heterocycles. The number of carbonyl (C=O) groups is 1. The maximum atomic E-state index is 11.3. The smallest absolute Gasteiger partial charge is 0.323 e. The van der Waals surface area contributed by atoms with Crippen molar-refractivity contribution in [2.45, 2.75) is 45.2 Å². The standard InChI is InChI=1S/C15H23NO2/c1-5-13(11-12-9-7-6-8-10-12)16(4)15(2,3)14(17)18/h6-10,13H,5,11H2,1-4H3,(H,17,18). The van der Waals surface area contributed by atoms with Gasteiger partial charge in [-0.05, 0) is 39.3 Å². The van der Waals surface area contributed by atoms with E-state index < -0.39 is 11.5 Å². The zero-order valence-electron chi connectivity index (χ0n) is 11.7. The van der Waals surface area contributed by atoms with Gasteiger partial charge in [0, 0.05) is 6.04 Å². The van der Waals surface area contributed by atoms with Gasteiger partial charge in [0.2, 0.25) is 0 Å². The van der Waals surface area contributed by atoms with Crippen molar-refractivity contribution in [2.24, 2.45) is 0 Å². The Hall–Kier alpha value is -1.35. The van der Waals surface area contributed by atoms with Crippen molar-refractivity contribution in [1.82, 2.24) is 4.90 Å². The zero-order valence-corrected chi connectivity index (χ0v) is 11.7. The number of likely N-dealkylation sites (N-methyl/N-ethyl adjacent to an activating group) is 1. The van der Waals surface area contributed by atoms with Crippen LogP contribution in [0.1, 0.15) is 32.8 Å². The number of carboxylic acids is 1. The van der Waals surface area contributed by atoms with Gasteiger partial charge in [-0.15, -0.1) is 0 Å². The summed E-state index contributed by atoms with van der Waals surface area (Å²) >= 11 is 0. The third-order valence-electron chi connectivity index (χ3n) is 3.74. The highest BCUT2D eigenvalue weighted by molar-refractivity contribution is 5.77. The second-order valence-corrected chi connectivity index (χ2v) is 5.23. The van der Waals surface area contributed by atoms with Crippen molar-refractivity contribution < 1.29 is 9.90 Å². The molecule has 18 heavy (non-hydrogen) atoms. The molecule has 1 aromatic carbocycles. The maximum Gasteiger partial charge on any atom is 0.323 e. The molecule has 0 aromatic heterocycles. The Morgan fingerprint density at radius 1 is 1.33 bits per heavy atom. The molecular formula is C15H23NO2. The summed E-state index contributed by atoms with van der Waals surface area (Å²) in [7, 11) is 1.89. The van der Waals surface area contributed by atoms with Gasteiger partial charge in [-0.1, -0.05) is 37.3 Å². The van der Waals surface area contributed by atoms with Gasteiger partial charge in [0.25, 0.3) is 0 Å². The summed E-state index contributed by atoms with van der Waals surface area (Å²) in [6, 6.07) is 10.4. The molecule has 1 unspecified atom stereocenters. The Labute approximate surface area is 109 Å². The minimum atomic E-state index is -0.838. The van der Waals surface area contributed by atoms with Crippen molar-refractivity contribution in [3.63, 3.8) is 0 Å². The van der Waals surface area contributed by atoms with E-state index in [1.807, 2.05) is 30.1 Å². The van der Waals surface area contributed by atoms with Crippen LogP contribution >= 0.6 is 0 Å². The quantitative estimate of drug-likeness (QED) is 0.842. The molecule has 0 heterocycles. The number of nitrogens with zero attached hydrogens (tertiary/aromatic N) is 1. The van der Waals surface area contributed by atoms with Crippen LogP contribution in [0.3, 0.4) is 0 Å². The van der Waals surface area contributed by atoms with Crippen LogP contribution < -0.4 is 0 Å². The first kappa shape index (κ1) is 14.7. The molecule has 0 aliphatic carbocycles. The molecular weight excluding hydrogens is 226 g/mol. The van der Waals surface area contributed by atoms with Crippen LogP contribution in [-0.2, 0) is 11.2 Å². The molecule has 1 rings (SSSR count). The predicted molar refractivity (Wildman–Crippen MR) is 73.7 cm³/mol. The van der Waals surface area contributed by atoms with E-state index in [1.54, 1.807) is 13.8 Å². The summed E-state index contributed by atoms with van der Waals surface area (Å²) in [5, 5.41) is 9.28. The molecule has 0 aliphatic heterocycles. The van der Waals surface area contributed by atoms with Crippen molar-refractivity contribution in [2.75, 3.05) is 7.05 Å². The molecule has 0 amide bonds.